The Labute approximate surface area is 114 Å². The molecule has 0 aliphatic heterocycles. The van der Waals surface area contributed by atoms with Crippen molar-refractivity contribution in [3.63, 3.8) is 0 Å². The number of aromatic nitrogens is 3. The van der Waals surface area contributed by atoms with Gasteiger partial charge in [-0.2, -0.15) is 4.98 Å². The highest BCUT2D eigenvalue weighted by Gasteiger charge is 2.16. The standard InChI is InChI=1S/C12H16BrN5/c1-6-7-5-15-11(14)17-9(7)16-10(8(6)13)18-12(2,3)4/h5H,1-4H3,(H3,14,15,16,17,18). The molecular weight excluding hydrogens is 294 g/mol. The van der Waals surface area contributed by atoms with Crippen molar-refractivity contribution in [3.8, 4) is 0 Å². The van der Waals surface area contributed by atoms with Gasteiger partial charge in [-0.05, 0) is 49.2 Å². The molecule has 0 unspecified atom stereocenters. The Balaban J connectivity index is 2.65. The van der Waals surface area contributed by atoms with Crippen molar-refractivity contribution in [1.82, 2.24) is 15.0 Å². The fraction of sp³-hybridized carbons (Fsp3) is 0.417. The highest BCUT2D eigenvalue weighted by Crippen LogP contribution is 2.31. The molecule has 5 nitrogen and oxygen atoms in total. The Morgan fingerprint density at radius 1 is 1.28 bits per heavy atom. The van der Waals surface area contributed by atoms with Gasteiger partial charge in [0.25, 0.3) is 0 Å². The fourth-order valence-electron chi connectivity index (χ4n) is 1.62. The van der Waals surface area contributed by atoms with E-state index in [4.69, 9.17) is 5.73 Å². The summed E-state index contributed by atoms with van der Waals surface area (Å²) in [6.45, 7) is 8.24. The van der Waals surface area contributed by atoms with Crippen LogP contribution in [0.2, 0.25) is 0 Å². The van der Waals surface area contributed by atoms with Crippen LogP contribution in [-0.4, -0.2) is 20.5 Å². The number of aryl methyl sites for hydroxylation is 1. The number of hydrogen-bond acceptors (Lipinski definition) is 5. The van der Waals surface area contributed by atoms with E-state index >= 15 is 0 Å². The van der Waals surface area contributed by atoms with Gasteiger partial charge < -0.3 is 11.1 Å². The molecule has 0 aliphatic rings. The van der Waals surface area contributed by atoms with Crippen molar-refractivity contribution in [1.29, 1.82) is 0 Å². The van der Waals surface area contributed by atoms with E-state index in [0.29, 0.717) is 5.65 Å². The lowest BCUT2D eigenvalue weighted by Crippen LogP contribution is -2.27. The highest BCUT2D eigenvalue weighted by atomic mass is 79.9. The van der Waals surface area contributed by atoms with Crippen molar-refractivity contribution in [2.24, 2.45) is 0 Å². The lowest BCUT2D eigenvalue weighted by Gasteiger charge is -2.23. The Kier molecular flexibility index (Phi) is 3.14. The number of pyridine rings is 1. The van der Waals surface area contributed by atoms with Crippen LogP contribution in [0.25, 0.3) is 11.0 Å². The summed E-state index contributed by atoms with van der Waals surface area (Å²) in [6.07, 6.45) is 1.70. The average molecular weight is 310 g/mol. The molecule has 0 amide bonds. The second-order valence-corrected chi connectivity index (χ2v) is 6.03. The number of fused-ring (bicyclic) bond motifs is 1. The van der Waals surface area contributed by atoms with Gasteiger partial charge in [-0.15, -0.1) is 0 Å². The van der Waals surface area contributed by atoms with Gasteiger partial charge in [0.05, 0.1) is 4.47 Å². The van der Waals surface area contributed by atoms with E-state index in [1.54, 1.807) is 6.20 Å². The first-order valence-electron chi connectivity index (χ1n) is 5.64. The van der Waals surface area contributed by atoms with Crippen LogP contribution in [0.1, 0.15) is 26.3 Å². The summed E-state index contributed by atoms with van der Waals surface area (Å²) in [5.41, 5.74) is 7.17. The molecule has 2 aromatic rings. The van der Waals surface area contributed by atoms with Crippen LogP contribution in [-0.2, 0) is 0 Å². The predicted octanol–water partition coefficient (Wildman–Crippen LogP) is 2.89. The summed E-state index contributed by atoms with van der Waals surface area (Å²) >= 11 is 3.56. The summed E-state index contributed by atoms with van der Waals surface area (Å²) in [5, 5.41) is 4.24. The molecule has 0 saturated carbocycles. The molecule has 2 heterocycles. The zero-order chi connectivity index (χ0) is 13.5. The fourth-order valence-corrected chi connectivity index (χ4v) is 2.03. The van der Waals surface area contributed by atoms with Crippen LogP contribution in [0.5, 0.6) is 0 Å². The third-order valence-electron chi connectivity index (χ3n) is 2.44. The first-order chi connectivity index (χ1) is 8.28. The zero-order valence-corrected chi connectivity index (χ0v) is 12.5. The normalized spacial score (nSPS) is 11.8. The van der Waals surface area contributed by atoms with Gasteiger partial charge in [0.2, 0.25) is 5.95 Å². The summed E-state index contributed by atoms with van der Waals surface area (Å²) in [6, 6.07) is 0. The van der Waals surface area contributed by atoms with Crippen LogP contribution in [0, 0.1) is 6.92 Å². The minimum absolute atomic E-state index is 0.0752. The molecule has 18 heavy (non-hydrogen) atoms. The third kappa shape index (κ3) is 2.53. The second kappa shape index (κ2) is 4.35. The van der Waals surface area contributed by atoms with Crippen molar-refractivity contribution in [2.45, 2.75) is 33.2 Å². The number of anilines is 2. The number of rotatable bonds is 1. The molecule has 0 spiro atoms. The second-order valence-electron chi connectivity index (χ2n) is 5.24. The van der Waals surface area contributed by atoms with Gasteiger partial charge in [-0.3, -0.25) is 0 Å². The van der Waals surface area contributed by atoms with Crippen molar-refractivity contribution in [2.75, 3.05) is 11.1 Å². The van der Waals surface area contributed by atoms with E-state index < -0.39 is 0 Å². The van der Waals surface area contributed by atoms with Crippen LogP contribution in [0.15, 0.2) is 10.7 Å². The van der Waals surface area contributed by atoms with Gasteiger partial charge in [-0.25, -0.2) is 9.97 Å². The Morgan fingerprint density at radius 2 is 1.94 bits per heavy atom. The van der Waals surface area contributed by atoms with Crippen molar-refractivity contribution in [3.05, 3.63) is 16.2 Å². The van der Waals surface area contributed by atoms with Crippen LogP contribution in [0.3, 0.4) is 0 Å². The Morgan fingerprint density at radius 3 is 2.56 bits per heavy atom. The minimum Gasteiger partial charge on any atom is -0.368 e. The number of nitrogen functional groups attached to an aromatic ring is 1. The quantitative estimate of drug-likeness (QED) is 0.847. The molecule has 96 valence electrons. The van der Waals surface area contributed by atoms with Crippen molar-refractivity contribution < 1.29 is 0 Å². The molecule has 0 fully saturated rings. The molecule has 0 bridgehead atoms. The largest absolute Gasteiger partial charge is 0.368 e. The summed E-state index contributed by atoms with van der Waals surface area (Å²) < 4.78 is 0.929. The molecule has 2 rings (SSSR count). The number of nitrogens with zero attached hydrogens (tertiary/aromatic N) is 3. The van der Waals surface area contributed by atoms with Crippen LogP contribution >= 0.6 is 15.9 Å². The molecule has 0 aromatic carbocycles. The van der Waals surface area contributed by atoms with Gasteiger partial charge in [0.1, 0.15) is 5.82 Å². The topological polar surface area (TPSA) is 76.7 Å². The number of halogens is 1. The third-order valence-corrected chi connectivity index (χ3v) is 3.41. The van der Waals surface area contributed by atoms with Gasteiger partial charge in [0.15, 0.2) is 5.65 Å². The number of nitrogens with two attached hydrogens (primary N) is 1. The van der Waals surface area contributed by atoms with E-state index in [1.807, 2.05) is 6.92 Å². The molecule has 0 radical (unpaired) electrons. The molecule has 6 heteroatoms. The first kappa shape index (κ1) is 13.0. The van der Waals surface area contributed by atoms with E-state index in [9.17, 15) is 0 Å². The molecule has 0 saturated heterocycles. The summed E-state index contributed by atoms with van der Waals surface area (Å²) in [5.74, 6) is 1.00. The van der Waals surface area contributed by atoms with Crippen LogP contribution < -0.4 is 11.1 Å². The maximum atomic E-state index is 5.59. The molecule has 0 atom stereocenters. The smallest absolute Gasteiger partial charge is 0.222 e. The van der Waals surface area contributed by atoms with Crippen molar-refractivity contribution >= 4 is 38.7 Å². The van der Waals surface area contributed by atoms with E-state index in [-0.39, 0.29) is 11.5 Å². The number of hydrogen-bond donors (Lipinski definition) is 2. The van der Waals surface area contributed by atoms with Gasteiger partial charge in [-0.1, -0.05) is 0 Å². The average Bonchev–Trinajstić information content (AvgIpc) is 2.23. The van der Waals surface area contributed by atoms with E-state index in [2.05, 4.69) is 57.0 Å². The maximum absolute atomic E-state index is 5.59. The summed E-state index contributed by atoms with van der Waals surface area (Å²) in [7, 11) is 0. The minimum atomic E-state index is -0.0752. The zero-order valence-electron chi connectivity index (χ0n) is 10.9. The number of nitrogens with one attached hydrogen (secondary N) is 1. The van der Waals surface area contributed by atoms with E-state index in [1.165, 1.54) is 0 Å². The molecular formula is C12H16BrN5. The Bertz CT molecular complexity index is 603. The van der Waals surface area contributed by atoms with Gasteiger partial charge >= 0.3 is 0 Å². The highest BCUT2D eigenvalue weighted by molar-refractivity contribution is 9.10. The summed E-state index contributed by atoms with van der Waals surface area (Å²) in [4.78, 5) is 12.7. The van der Waals surface area contributed by atoms with E-state index in [0.717, 1.165) is 21.2 Å². The van der Waals surface area contributed by atoms with Crippen LogP contribution in [0.4, 0.5) is 11.8 Å². The lowest BCUT2D eigenvalue weighted by atomic mass is 10.1. The predicted molar refractivity (Wildman–Crippen MR) is 77.6 cm³/mol. The first-order valence-corrected chi connectivity index (χ1v) is 6.44. The monoisotopic (exact) mass is 309 g/mol. The maximum Gasteiger partial charge on any atom is 0.222 e. The lowest BCUT2D eigenvalue weighted by molar-refractivity contribution is 0.630. The molecule has 3 N–H and O–H groups in total. The molecule has 0 aliphatic carbocycles. The van der Waals surface area contributed by atoms with Gasteiger partial charge in [0, 0.05) is 17.1 Å². The SMILES string of the molecule is Cc1c(Br)c(NC(C)(C)C)nc2nc(N)ncc12. The molecule has 2 aromatic heterocycles. The Hall–Kier alpha value is -1.43.